The molecule has 0 radical (unpaired) electrons. The Hall–Kier alpha value is -2.73. The van der Waals surface area contributed by atoms with Crippen molar-refractivity contribution in [3.05, 3.63) is 65.5 Å². The van der Waals surface area contributed by atoms with E-state index in [9.17, 15) is 14.0 Å². The summed E-state index contributed by atoms with van der Waals surface area (Å²) in [4.78, 5) is 24.0. The van der Waals surface area contributed by atoms with Crippen molar-refractivity contribution >= 4 is 17.5 Å². The van der Waals surface area contributed by atoms with Crippen LogP contribution in [-0.4, -0.2) is 25.4 Å². The van der Waals surface area contributed by atoms with E-state index in [4.69, 9.17) is 5.73 Å². The Labute approximate surface area is 133 Å². The second kappa shape index (κ2) is 7.51. The van der Waals surface area contributed by atoms with Crippen LogP contribution in [0, 0.1) is 5.82 Å². The highest BCUT2D eigenvalue weighted by Crippen LogP contribution is 2.08. The zero-order chi connectivity index (χ0) is 16.8. The Morgan fingerprint density at radius 3 is 2.26 bits per heavy atom. The SMILES string of the molecule is C[NH+](CC(=O)Nc1ccc(C(N)=O)cc1)Cc1ccc(F)cc1. The molecule has 0 aliphatic heterocycles. The first-order valence-corrected chi connectivity index (χ1v) is 7.19. The third-order valence-corrected chi connectivity index (χ3v) is 3.33. The van der Waals surface area contributed by atoms with E-state index >= 15 is 0 Å². The first-order chi connectivity index (χ1) is 10.9. The summed E-state index contributed by atoms with van der Waals surface area (Å²) in [6.07, 6.45) is 0. The highest BCUT2D eigenvalue weighted by Gasteiger charge is 2.11. The molecule has 4 N–H and O–H groups in total. The van der Waals surface area contributed by atoms with E-state index in [0.717, 1.165) is 10.5 Å². The first-order valence-electron chi connectivity index (χ1n) is 7.19. The fourth-order valence-electron chi connectivity index (χ4n) is 2.21. The molecule has 0 heterocycles. The minimum Gasteiger partial charge on any atom is -0.366 e. The summed E-state index contributed by atoms with van der Waals surface area (Å²) >= 11 is 0. The van der Waals surface area contributed by atoms with Crippen LogP contribution in [0.25, 0.3) is 0 Å². The zero-order valence-corrected chi connectivity index (χ0v) is 12.8. The highest BCUT2D eigenvalue weighted by molar-refractivity contribution is 5.95. The molecule has 1 unspecified atom stereocenters. The van der Waals surface area contributed by atoms with Crippen LogP contribution >= 0.6 is 0 Å². The van der Waals surface area contributed by atoms with Gasteiger partial charge in [0.25, 0.3) is 5.91 Å². The number of hydrogen-bond acceptors (Lipinski definition) is 2. The number of carbonyl (C=O) groups is 2. The molecule has 0 aromatic heterocycles. The average molecular weight is 316 g/mol. The monoisotopic (exact) mass is 316 g/mol. The van der Waals surface area contributed by atoms with Crippen LogP contribution < -0.4 is 16.0 Å². The molecule has 120 valence electrons. The standard InChI is InChI=1S/C17H18FN3O2/c1-21(10-12-2-6-14(18)7-3-12)11-16(22)20-15-8-4-13(5-9-15)17(19)23/h2-9H,10-11H2,1H3,(H2,19,23)(H,20,22)/p+1. The Kier molecular flexibility index (Phi) is 5.43. The number of hydrogen-bond donors (Lipinski definition) is 3. The van der Waals surface area contributed by atoms with Crippen LogP contribution in [0.2, 0.25) is 0 Å². The molecule has 2 aromatic carbocycles. The van der Waals surface area contributed by atoms with Crippen LogP contribution in [0.15, 0.2) is 48.5 Å². The van der Waals surface area contributed by atoms with Crippen LogP contribution in [0.4, 0.5) is 10.1 Å². The zero-order valence-electron chi connectivity index (χ0n) is 12.8. The Morgan fingerprint density at radius 2 is 1.70 bits per heavy atom. The number of amides is 2. The largest absolute Gasteiger partial charge is 0.366 e. The van der Waals surface area contributed by atoms with E-state index in [-0.39, 0.29) is 18.3 Å². The van der Waals surface area contributed by atoms with Crippen molar-refractivity contribution < 1.29 is 18.9 Å². The van der Waals surface area contributed by atoms with Gasteiger partial charge in [-0.05, 0) is 36.4 Å². The van der Waals surface area contributed by atoms with Crippen molar-refractivity contribution in [2.24, 2.45) is 5.73 Å². The molecule has 2 aromatic rings. The number of primary amides is 1. The molecule has 23 heavy (non-hydrogen) atoms. The molecule has 0 fully saturated rings. The van der Waals surface area contributed by atoms with Crippen LogP contribution in [0.3, 0.4) is 0 Å². The van der Waals surface area contributed by atoms with E-state index in [1.54, 1.807) is 36.4 Å². The maximum absolute atomic E-state index is 12.9. The van der Waals surface area contributed by atoms with Gasteiger partial charge in [0.2, 0.25) is 5.91 Å². The van der Waals surface area contributed by atoms with Crippen LogP contribution in [0.5, 0.6) is 0 Å². The number of carbonyl (C=O) groups excluding carboxylic acids is 2. The van der Waals surface area contributed by atoms with Gasteiger partial charge in [0.05, 0.1) is 7.05 Å². The molecule has 0 saturated carbocycles. The van der Waals surface area contributed by atoms with Gasteiger partial charge < -0.3 is 16.0 Å². The first kappa shape index (κ1) is 16.6. The molecular weight excluding hydrogens is 297 g/mol. The van der Waals surface area contributed by atoms with Gasteiger partial charge in [-0.25, -0.2) is 4.39 Å². The average Bonchev–Trinajstić information content (AvgIpc) is 2.50. The summed E-state index contributed by atoms with van der Waals surface area (Å²) in [7, 11) is 1.89. The fraction of sp³-hybridized carbons (Fsp3) is 0.176. The summed E-state index contributed by atoms with van der Waals surface area (Å²) in [6, 6.07) is 12.6. The molecule has 6 heteroatoms. The number of halogens is 1. The Morgan fingerprint density at radius 1 is 1.09 bits per heavy atom. The number of nitrogens with one attached hydrogen (secondary N) is 2. The summed E-state index contributed by atoms with van der Waals surface area (Å²) < 4.78 is 12.9. The molecule has 0 aliphatic carbocycles. The van der Waals surface area contributed by atoms with Gasteiger partial charge in [0, 0.05) is 16.8 Å². The number of rotatable bonds is 6. The molecular formula is C17H19FN3O2+. The van der Waals surface area contributed by atoms with Gasteiger partial charge in [0.1, 0.15) is 12.4 Å². The highest BCUT2D eigenvalue weighted by atomic mass is 19.1. The van der Waals surface area contributed by atoms with E-state index in [1.807, 2.05) is 7.05 Å². The van der Waals surface area contributed by atoms with Gasteiger partial charge in [-0.1, -0.05) is 12.1 Å². The van der Waals surface area contributed by atoms with Crippen molar-refractivity contribution in [1.82, 2.24) is 0 Å². The molecule has 0 aliphatic rings. The molecule has 1 atom stereocenters. The molecule has 5 nitrogen and oxygen atoms in total. The minimum atomic E-state index is -0.508. The lowest BCUT2D eigenvalue weighted by molar-refractivity contribution is -0.885. The Bertz CT molecular complexity index is 684. The number of nitrogens with two attached hydrogens (primary N) is 1. The quantitative estimate of drug-likeness (QED) is 0.729. The summed E-state index contributed by atoms with van der Waals surface area (Å²) in [6.45, 7) is 0.892. The van der Waals surface area contributed by atoms with E-state index in [0.29, 0.717) is 17.8 Å². The van der Waals surface area contributed by atoms with Gasteiger partial charge in [-0.3, -0.25) is 9.59 Å². The third kappa shape index (κ3) is 5.19. The van der Waals surface area contributed by atoms with E-state index < -0.39 is 5.91 Å². The minimum absolute atomic E-state index is 0.142. The van der Waals surface area contributed by atoms with Crippen molar-refractivity contribution in [2.45, 2.75) is 6.54 Å². The molecule has 0 spiro atoms. The number of benzene rings is 2. The summed E-state index contributed by atoms with van der Waals surface area (Å²) in [5.41, 5.74) is 7.12. The summed E-state index contributed by atoms with van der Waals surface area (Å²) in [5.74, 6) is -0.925. The van der Waals surface area contributed by atoms with Crippen LogP contribution in [-0.2, 0) is 11.3 Å². The number of likely N-dealkylation sites (N-methyl/N-ethyl adjacent to an activating group) is 1. The fourth-order valence-corrected chi connectivity index (χ4v) is 2.21. The number of anilines is 1. The molecule has 0 bridgehead atoms. The van der Waals surface area contributed by atoms with Gasteiger partial charge >= 0.3 is 0 Å². The molecule has 2 amide bonds. The van der Waals surface area contributed by atoms with E-state index in [2.05, 4.69) is 5.32 Å². The Balaban J connectivity index is 1.86. The van der Waals surface area contributed by atoms with Gasteiger partial charge in [0.15, 0.2) is 6.54 Å². The normalized spacial score (nSPS) is 11.7. The van der Waals surface area contributed by atoms with Gasteiger partial charge in [-0.15, -0.1) is 0 Å². The lowest BCUT2D eigenvalue weighted by Gasteiger charge is -2.14. The second-order valence-corrected chi connectivity index (χ2v) is 5.43. The van der Waals surface area contributed by atoms with Gasteiger partial charge in [-0.2, -0.15) is 0 Å². The maximum Gasteiger partial charge on any atom is 0.279 e. The van der Waals surface area contributed by atoms with Crippen molar-refractivity contribution in [3.8, 4) is 0 Å². The van der Waals surface area contributed by atoms with Crippen molar-refractivity contribution in [1.29, 1.82) is 0 Å². The third-order valence-electron chi connectivity index (χ3n) is 3.33. The topological polar surface area (TPSA) is 76.6 Å². The summed E-state index contributed by atoms with van der Waals surface area (Å²) in [5, 5.41) is 2.76. The maximum atomic E-state index is 12.9. The predicted molar refractivity (Wildman–Crippen MR) is 85.4 cm³/mol. The van der Waals surface area contributed by atoms with E-state index in [1.165, 1.54) is 12.1 Å². The molecule has 0 saturated heterocycles. The second-order valence-electron chi connectivity index (χ2n) is 5.43. The van der Waals surface area contributed by atoms with Crippen molar-refractivity contribution in [3.63, 3.8) is 0 Å². The predicted octanol–water partition coefficient (Wildman–Crippen LogP) is 0.578. The molecule has 2 rings (SSSR count). The lowest BCUT2D eigenvalue weighted by Crippen LogP contribution is -3.08. The number of quaternary nitrogens is 1. The van der Waals surface area contributed by atoms with Crippen LogP contribution in [0.1, 0.15) is 15.9 Å². The smallest absolute Gasteiger partial charge is 0.279 e. The van der Waals surface area contributed by atoms with Crippen molar-refractivity contribution in [2.75, 3.05) is 18.9 Å². The lowest BCUT2D eigenvalue weighted by atomic mass is 10.2.